The van der Waals surface area contributed by atoms with Crippen LogP contribution in [-0.2, 0) is 14.3 Å². The summed E-state index contributed by atoms with van der Waals surface area (Å²) in [5.41, 5.74) is 5.76. The first-order valence-electron chi connectivity index (χ1n) is 5.83. The van der Waals surface area contributed by atoms with E-state index in [9.17, 15) is 9.59 Å². The molecule has 0 radical (unpaired) electrons. The summed E-state index contributed by atoms with van der Waals surface area (Å²) < 4.78 is 4.87. The summed E-state index contributed by atoms with van der Waals surface area (Å²) in [4.78, 5) is 24.1. The molecule has 0 spiro atoms. The first-order valence-corrected chi connectivity index (χ1v) is 5.83. The van der Waals surface area contributed by atoms with Crippen LogP contribution in [-0.4, -0.2) is 54.2 Å². The number of hydrogen-bond acceptors (Lipinski definition) is 4. The van der Waals surface area contributed by atoms with Crippen molar-refractivity contribution in [2.24, 2.45) is 5.73 Å². The molecule has 1 fully saturated rings. The fourth-order valence-corrected chi connectivity index (χ4v) is 1.66. The Morgan fingerprint density at radius 3 is 2.65 bits per heavy atom. The maximum absolute atomic E-state index is 12.0. The van der Waals surface area contributed by atoms with Crippen molar-refractivity contribution in [3.05, 3.63) is 0 Å². The number of ether oxygens (including phenoxy) is 1. The van der Waals surface area contributed by atoms with Crippen molar-refractivity contribution in [2.75, 3.05) is 20.3 Å². The zero-order valence-electron chi connectivity index (χ0n) is 10.1. The molecule has 98 valence electrons. The van der Waals surface area contributed by atoms with Crippen molar-refractivity contribution in [3.8, 4) is 0 Å². The van der Waals surface area contributed by atoms with Gasteiger partial charge >= 0.3 is 5.97 Å². The molecule has 1 amide bonds. The lowest BCUT2D eigenvalue weighted by Crippen LogP contribution is -2.46. The molecular weight excluding hydrogens is 224 g/mol. The first-order chi connectivity index (χ1) is 8.06. The van der Waals surface area contributed by atoms with Gasteiger partial charge in [-0.05, 0) is 19.3 Å². The summed E-state index contributed by atoms with van der Waals surface area (Å²) in [5, 5.41) is 8.64. The number of carbonyl (C=O) groups is 2. The van der Waals surface area contributed by atoms with E-state index >= 15 is 0 Å². The maximum Gasteiger partial charge on any atom is 0.305 e. The van der Waals surface area contributed by atoms with Crippen molar-refractivity contribution >= 4 is 11.9 Å². The molecule has 1 aliphatic carbocycles. The van der Waals surface area contributed by atoms with E-state index in [1.807, 2.05) is 0 Å². The minimum Gasteiger partial charge on any atom is -0.481 e. The number of carbonyl (C=O) groups excluding carboxylic acids is 1. The smallest absolute Gasteiger partial charge is 0.305 e. The van der Waals surface area contributed by atoms with E-state index in [0.717, 1.165) is 12.8 Å². The molecule has 0 aromatic rings. The van der Waals surface area contributed by atoms with Gasteiger partial charge in [-0.15, -0.1) is 0 Å². The number of nitrogens with two attached hydrogens (primary N) is 1. The topological polar surface area (TPSA) is 92.9 Å². The molecule has 17 heavy (non-hydrogen) atoms. The van der Waals surface area contributed by atoms with Crippen molar-refractivity contribution in [3.63, 3.8) is 0 Å². The van der Waals surface area contributed by atoms with Crippen LogP contribution in [0.15, 0.2) is 0 Å². The van der Waals surface area contributed by atoms with Crippen LogP contribution in [0.2, 0.25) is 0 Å². The minimum absolute atomic E-state index is 0.0285. The maximum atomic E-state index is 12.0. The number of hydrogen-bond donors (Lipinski definition) is 2. The average Bonchev–Trinajstić information content (AvgIpc) is 3.09. The van der Waals surface area contributed by atoms with Gasteiger partial charge in [0.15, 0.2) is 0 Å². The zero-order valence-corrected chi connectivity index (χ0v) is 10.1. The summed E-state index contributed by atoms with van der Waals surface area (Å²) in [5.74, 6) is -1.06. The largest absolute Gasteiger partial charge is 0.481 e. The third kappa shape index (κ3) is 4.70. The van der Waals surface area contributed by atoms with Crippen molar-refractivity contribution in [1.29, 1.82) is 0 Å². The molecule has 6 heteroatoms. The molecule has 0 aromatic carbocycles. The summed E-state index contributed by atoms with van der Waals surface area (Å²) in [7, 11) is 1.56. The predicted octanol–water partition coefficient (Wildman–Crippen LogP) is -0.184. The van der Waals surface area contributed by atoms with Crippen molar-refractivity contribution in [1.82, 2.24) is 4.90 Å². The minimum atomic E-state index is -0.895. The van der Waals surface area contributed by atoms with Gasteiger partial charge in [0.25, 0.3) is 0 Å². The Balaban J connectivity index is 2.45. The van der Waals surface area contributed by atoms with Gasteiger partial charge in [0.05, 0.1) is 12.5 Å². The molecule has 0 saturated heterocycles. The Bertz CT molecular complexity index is 279. The Morgan fingerprint density at radius 1 is 1.53 bits per heavy atom. The van der Waals surface area contributed by atoms with Gasteiger partial charge in [0.2, 0.25) is 5.91 Å². The normalized spacial score (nSPS) is 16.6. The number of rotatable bonds is 8. The van der Waals surface area contributed by atoms with Crippen LogP contribution in [0.5, 0.6) is 0 Å². The van der Waals surface area contributed by atoms with Crippen LogP contribution in [0.1, 0.15) is 25.7 Å². The second-order valence-corrected chi connectivity index (χ2v) is 4.29. The fraction of sp³-hybridized carbons (Fsp3) is 0.818. The summed E-state index contributed by atoms with van der Waals surface area (Å²) in [6.07, 6.45) is 2.33. The van der Waals surface area contributed by atoms with Gasteiger partial charge in [-0.1, -0.05) is 0 Å². The van der Waals surface area contributed by atoms with Gasteiger partial charge in [-0.3, -0.25) is 9.59 Å². The molecular formula is C11H20N2O4. The Morgan fingerprint density at radius 2 is 2.18 bits per heavy atom. The number of aliphatic carboxylic acids is 1. The highest BCUT2D eigenvalue weighted by atomic mass is 16.5. The molecule has 1 saturated carbocycles. The molecule has 1 unspecified atom stereocenters. The van der Waals surface area contributed by atoms with Gasteiger partial charge in [-0.2, -0.15) is 0 Å². The van der Waals surface area contributed by atoms with Crippen LogP contribution >= 0.6 is 0 Å². The van der Waals surface area contributed by atoms with E-state index in [4.69, 9.17) is 15.6 Å². The molecule has 0 heterocycles. The average molecular weight is 244 g/mol. The third-order valence-electron chi connectivity index (χ3n) is 2.79. The monoisotopic (exact) mass is 244 g/mol. The highest BCUT2D eigenvalue weighted by Crippen LogP contribution is 2.27. The second-order valence-electron chi connectivity index (χ2n) is 4.29. The predicted molar refractivity (Wildman–Crippen MR) is 61.5 cm³/mol. The molecule has 0 bridgehead atoms. The molecule has 1 rings (SSSR count). The number of amides is 1. The second kappa shape index (κ2) is 6.56. The highest BCUT2D eigenvalue weighted by molar-refractivity contribution is 5.82. The quantitative estimate of drug-likeness (QED) is 0.617. The molecule has 1 aliphatic rings. The van der Waals surface area contributed by atoms with Gasteiger partial charge in [0.1, 0.15) is 0 Å². The lowest BCUT2D eigenvalue weighted by atomic mass is 10.2. The number of carboxylic acid groups (broad SMARTS) is 1. The van der Waals surface area contributed by atoms with Crippen LogP contribution in [0.25, 0.3) is 0 Å². The van der Waals surface area contributed by atoms with Gasteiger partial charge in [-0.25, -0.2) is 0 Å². The fourth-order valence-electron chi connectivity index (χ4n) is 1.66. The van der Waals surface area contributed by atoms with E-state index in [1.165, 1.54) is 0 Å². The number of methoxy groups -OCH3 is 1. The van der Waals surface area contributed by atoms with Crippen LogP contribution < -0.4 is 5.73 Å². The molecule has 0 aliphatic heterocycles. The van der Waals surface area contributed by atoms with Crippen molar-refractivity contribution < 1.29 is 19.4 Å². The summed E-state index contributed by atoms with van der Waals surface area (Å²) >= 11 is 0. The van der Waals surface area contributed by atoms with Gasteiger partial charge < -0.3 is 20.5 Å². The zero-order chi connectivity index (χ0) is 12.8. The number of nitrogens with zero attached hydrogens (tertiary/aromatic N) is 1. The molecule has 0 aromatic heterocycles. The van der Waals surface area contributed by atoms with Crippen LogP contribution in [0, 0.1) is 0 Å². The lowest BCUT2D eigenvalue weighted by molar-refractivity contribution is -0.139. The van der Waals surface area contributed by atoms with E-state index in [2.05, 4.69) is 0 Å². The lowest BCUT2D eigenvalue weighted by Gasteiger charge is -2.25. The SMILES string of the molecule is COCCC(N)C(=O)N(CCC(=O)O)C1CC1. The van der Waals surface area contributed by atoms with E-state index in [0.29, 0.717) is 13.0 Å². The van der Waals surface area contributed by atoms with Crippen LogP contribution in [0.3, 0.4) is 0 Å². The standard InChI is InChI=1S/C11H20N2O4/c1-17-7-5-9(12)11(16)13(8-2-3-8)6-4-10(14)15/h8-9H,2-7,12H2,1H3,(H,14,15). The van der Waals surface area contributed by atoms with E-state index in [-0.39, 0.29) is 24.9 Å². The molecule has 1 atom stereocenters. The molecule has 3 N–H and O–H groups in total. The summed E-state index contributed by atoms with van der Waals surface area (Å²) in [6, 6.07) is -0.403. The number of carboxylic acids is 1. The van der Waals surface area contributed by atoms with E-state index < -0.39 is 12.0 Å². The third-order valence-corrected chi connectivity index (χ3v) is 2.79. The Hall–Kier alpha value is -1.14. The van der Waals surface area contributed by atoms with Gasteiger partial charge in [0, 0.05) is 26.3 Å². The van der Waals surface area contributed by atoms with Crippen LogP contribution in [0.4, 0.5) is 0 Å². The Labute approximate surface area is 101 Å². The van der Waals surface area contributed by atoms with E-state index in [1.54, 1.807) is 12.0 Å². The first kappa shape index (κ1) is 13.9. The Kier molecular flexibility index (Phi) is 5.37. The highest BCUT2D eigenvalue weighted by Gasteiger charge is 2.34. The summed E-state index contributed by atoms with van der Waals surface area (Å²) in [6.45, 7) is 0.684. The van der Waals surface area contributed by atoms with Crippen molar-refractivity contribution in [2.45, 2.75) is 37.8 Å². The molecule has 6 nitrogen and oxygen atoms in total.